The minimum absolute atomic E-state index is 0.0111. The number of H-pyrrole nitrogens is 1. The molecule has 0 saturated heterocycles. The normalized spacial score (nSPS) is 22.3. The van der Waals surface area contributed by atoms with E-state index < -0.39 is 0 Å². The lowest BCUT2D eigenvalue weighted by Gasteiger charge is -2.30. The van der Waals surface area contributed by atoms with Gasteiger partial charge in [-0.3, -0.25) is 4.79 Å². The maximum Gasteiger partial charge on any atom is 0.253 e. The quantitative estimate of drug-likeness (QED) is 0.763. The molecule has 2 aromatic rings. The van der Waals surface area contributed by atoms with Crippen LogP contribution in [0, 0.1) is 0 Å². The molecule has 1 fully saturated rings. The van der Waals surface area contributed by atoms with Gasteiger partial charge in [0, 0.05) is 34.1 Å². The van der Waals surface area contributed by atoms with Crippen molar-refractivity contribution in [2.24, 2.45) is 0 Å². The highest BCUT2D eigenvalue weighted by Crippen LogP contribution is 2.28. The summed E-state index contributed by atoms with van der Waals surface area (Å²) in [5.74, 6) is 0.0111. The average Bonchev–Trinajstić information content (AvgIpc) is 2.90. The van der Waals surface area contributed by atoms with Crippen LogP contribution in [0.5, 0.6) is 0 Å². The number of rotatable bonds is 3. The van der Waals surface area contributed by atoms with Crippen molar-refractivity contribution in [1.82, 2.24) is 10.3 Å². The van der Waals surface area contributed by atoms with Crippen molar-refractivity contribution in [2.75, 3.05) is 12.0 Å². The third-order valence-electron chi connectivity index (χ3n) is 4.27. The monoisotopic (exact) mass is 303 g/mol. The molecule has 0 radical (unpaired) electrons. The summed E-state index contributed by atoms with van der Waals surface area (Å²) in [4.78, 5) is 15.7. The van der Waals surface area contributed by atoms with Crippen molar-refractivity contribution < 1.29 is 4.79 Å². The molecule has 0 bridgehead atoms. The SMILES string of the molecule is CSC1CCCCC1NC(=O)c1c[nH]c2cc(N)ccc12. The number of hydrogen-bond donors (Lipinski definition) is 3. The highest BCUT2D eigenvalue weighted by atomic mass is 32.2. The minimum atomic E-state index is 0.0111. The van der Waals surface area contributed by atoms with Crippen molar-refractivity contribution in [3.8, 4) is 0 Å². The van der Waals surface area contributed by atoms with Crippen molar-refractivity contribution in [3.63, 3.8) is 0 Å². The number of aromatic amines is 1. The topological polar surface area (TPSA) is 70.9 Å². The Morgan fingerprint density at radius 3 is 3.00 bits per heavy atom. The second kappa shape index (κ2) is 6.02. The first-order valence-electron chi connectivity index (χ1n) is 7.39. The minimum Gasteiger partial charge on any atom is -0.399 e. The molecule has 1 aromatic heterocycles. The van der Waals surface area contributed by atoms with Gasteiger partial charge in [-0.1, -0.05) is 12.8 Å². The number of thioether (sulfide) groups is 1. The van der Waals surface area contributed by atoms with Crippen LogP contribution in [0.25, 0.3) is 10.9 Å². The number of benzene rings is 1. The van der Waals surface area contributed by atoms with Crippen LogP contribution in [-0.2, 0) is 0 Å². The van der Waals surface area contributed by atoms with Gasteiger partial charge in [-0.2, -0.15) is 11.8 Å². The molecule has 21 heavy (non-hydrogen) atoms. The zero-order chi connectivity index (χ0) is 14.8. The third-order valence-corrected chi connectivity index (χ3v) is 5.44. The Hall–Kier alpha value is -1.62. The van der Waals surface area contributed by atoms with Crippen LogP contribution >= 0.6 is 11.8 Å². The maximum absolute atomic E-state index is 12.6. The summed E-state index contributed by atoms with van der Waals surface area (Å²) in [6.45, 7) is 0. The molecule has 1 aliphatic rings. The number of nitrogen functional groups attached to an aromatic ring is 1. The predicted octanol–water partition coefficient (Wildman–Crippen LogP) is 3.15. The van der Waals surface area contributed by atoms with Gasteiger partial charge >= 0.3 is 0 Å². The lowest BCUT2D eigenvalue weighted by Crippen LogP contribution is -2.43. The number of fused-ring (bicyclic) bond motifs is 1. The van der Waals surface area contributed by atoms with Gasteiger partial charge in [0.15, 0.2) is 0 Å². The first-order chi connectivity index (χ1) is 10.2. The van der Waals surface area contributed by atoms with Crippen LogP contribution in [0.4, 0.5) is 5.69 Å². The summed E-state index contributed by atoms with van der Waals surface area (Å²) in [6, 6.07) is 5.87. The maximum atomic E-state index is 12.6. The standard InChI is InChI=1S/C16H21N3OS/c1-21-15-5-3-2-4-13(15)19-16(20)12-9-18-14-8-10(17)6-7-11(12)14/h6-9,13,15,18H,2-5,17H2,1H3,(H,19,20). The Kier molecular flexibility index (Phi) is 4.10. The van der Waals surface area contributed by atoms with Crippen LogP contribution in [-0.4, -0.2) is 28.4 Å². The van der Waals surface area contributed by atoms with Crippen LogP contribution in [0.15, 0.2) is 24.4 Å². The van der Waals surface area contributed by atoms with E-state index in [2.05, 4.69) is 16.6 Å². The molecule has 0 aliphatic heterocycles. The number of nitrogens with one attached hydrogen (secondary N) is 2. The lowest BCUT2D eigenvalue weighted by molar-refractivity contribution is 0.0931. The Bertz CT molecular complexity index is 652. The first-order valence-corrected chi connectivity index (χ1v) is 8.68. The molecule has 3 rings (SSSR count). The summed E-state index contributed by atoms with van der Waals surface area (Å²) in [5, 5.41) is 4.68. The zero-order valence-corrected chi connectivity index (χ0v) is 13.0. The van der Waals surface area contributed by atoms with Gasteiger partial charge in [0.2, 0.25) is 0 Å². The number of amides is 1. The molecular weight excluding hydrogens is 282 g/mol. The Morgan fingerprint density at radius 1 is 1.38 bits per heavy atom. The molecule has 4 N–H and O–H groups in total. The molecule has 2 unspecified atom stereocenters. The molecule has 2 atom stereocenters. The van der Waals surface area contributed by atoms with Gasteiger partial charge in [0.1, 0.15) is 0 Å². The number of aromatic nitrogens is 1. The highest BCUT2D eigenvalue weighted by Gasteiger charge is 2.26. The summed E-state index contributed by atoms with van der Waals surface area (Å²) >= 11 is 1.86. The lowest BCUT2D eigenvalue weighted by atomic mass is 9.94. The summed E-state index contributed by atoms with van der Waals surface area (Å²) < 4.78 is 0. The van der Waals surface area contributed by atoms with Crippen molar-refractivity contribution in [2.45, 2.75) is 37.0 Å². The van der Waals surface area contributed by atoms with Gasteiger partial charge in [-0.15, -0.1) is 0 Å². The highest BCUT2D eigenvalue weighted by molar-refractivity contribution is 7.99. The van der Waals surface area contributed by atoms with Gasteiger partial charge in [-0.05, 0) is 37.3 Å². The van der Waals surface area contributed by atoms with Crippen LogP contribution < -0.4 is 11.1 Å². The Labute approximate surface area is 128 Å². The summed E-state index contributed by atoms with van der Waals surface area (Å²) in [7, 11) is 0. The van der Waals surface area contributed by atoms with Gasteiger partial charge < -0.3 is 16.0 Å². The van der Waals surface area contributed by atoms with E-state index in [1.807, 2.05) is 30.0 Å². The van der Waals surface area contributed by atoms with E-state index in [4.69, 9.17) is 5.73 Å². The van der Waals surface area contributed by atoms with Crippen molar-refractivity contribution in [3.05, 3.63) is 30.0 Å². The fourth-order valence-corrected chi connectivity index (χ4v) is 4.06. The van der Waals surface area contributed by atoms with Gasteiger partial charge in [0.25, 0.3) is 5.91 Å². The molecular formula is C16H21N3OS. The molecule has 0 spiro atoms. The van der Waals surface area contributed by atoms with E-state index in [0.29, 0.717) is 16.5 Å². The van der Waals surface area contributed by atoms with E-state index in [-0.39, 0.29) is 11.9 Å². The molecule has 1 saturated carbocycles. The van der Waals surface area contributed by atoms with E-state index >= 15 is 0 Å². The van der Waals surface area contributed by atoms with E-state index in [0.717, 1.165) is 17.3 Å². The van der Waals surface area contributed by atoms with Crippen molar-refractivity contribution in [1.29, 1.82) is 0 Å². The molecule has 112 valence electrons. The Balaban J connectivity index is 1.80. The van der Waals surface area contributed by atoms with Crippen LogP contribution in [0.1, 0.15) is 36.0 Å². The van der Waals surface area contributed by atoms with Gasteiger partial charge in [0.05, 0.1) is 5.56 Å². The molecule has 1 heterocycles. The second-order valence-electron chi connectivity index (χ2n) is 5.65. The fourth-order valence-electron chi connectivity index (χ4n) is 3.12. The third kappa shape index (κ3) is 2.88. The first kappa shape index (κ1) is 14.3. The fraction of sp³-hybridized carbons (Fsp3) is 0.438. The van der Waals surface area contributed by atoms with E-state index in [1.54, 1.807) is 6.20 Å². The smallest absolute Gasteiger partial charge is 0.253 e. The molecule has 4 nitrogen and oxygen atoms in total. The Morgan fingerprint density at radius 2 is 2.19 bits per heavy atom. The van der Waals surface area contributed by atoms with Gasteiger partial charge in [-0.25, -0.2) is 0 Å². The number of carbonyl (C=O) groups excluding carboxylic acids is 1. The number of anilines is 1. The molecule has 1 aromatic carbocycles. The number of carbonyl (C=O) groups is 1. The number of nitrogens with two attached hydrogens (primary N) is 1. The average molecular weight is 303 g/mol. The van der Waals surface area contributed by atoms with Crippen LogP contribution in [0.3, 0.4) is 0 Å². The summed E-state index contributed by atoms with van der Waals surface area (Å²) in [5.41, 5.74) is 8.08. The second-order valence-corrected chi connectivity index (χ2v) is 6.72. The van der Waals surface area contributed by atoms with E-state index in [9.17, 15) is 4.79 Å². The molecule has 5 heteroatoms. The predicted molar refractivity (Wildman–Crippen MR) is 89.7 cm³/mol. The summed E-state index contributed by atoms with van der Waals surface area (Å²) in [6.07, 6.45) is 8.64. The number of hydrogen-bond acceptors (Lipinski definition) is 3. The van der Waals surface area contributed by atoms with E-state index in [1.165, 1.54) is 19.3 Å². The molecule has 1 aliphatic carbocycles. The largest absolute Gasteiger partial charge is 0.399 e. The van der Waals surface area contributed by atoms with Crippen LogP contribution in [0.2, 0.25) is 0 Å². The zero-order valence-electron chi connectivity index (χ0n) is 12.2. The molecule has 1 amide bonds. The van der Waals surface area contributed by atoms with Crippen molar-refractivity contribution >= 4 is 34.3 Å².